The fourth-order valence-electron chi connectivity index (χ4n) is 2.44. The topological polar surface area (TPSA) is 56.3 Å². The van der Waals surface area contributed by atoms with Crippen LogP contribution in [0.3, 0.4) is 0 Å². The quantitative estimate of drug-likeness (QED) is 0.920. The molecule has 1 aromatic carbocycles. The number of ether oxygens (including phenoxy) is 1. The van der Waals surface area contributed by atoms with Gasteiger partial charge in [-0.2, -0.15) is 0 Å². The van der Waals surface area contributed by atoms with E-state index in [1.807, 2.05) is 0 Å². The summed E-state index contributed by atoms with van der Waals surface area (Å²) in [5.41, 5.74) is 6.73. The summed E-state index contributed by atoms with van der Waals surface area (Å²) < 4.78 is 33.5. The molecule has 0 saturated carbocycles. The number of nitrogen functional groups attached to an aromatic ring is 1. The van der Waals surface area contributed by atoms with E-state index in [0.717, 1.165) is 45.0 Å². The summed E-state index contributed by atoms with van der Waals surface area (Å²) in [4.78, 5) is 6.31. The van der Waals surface area contributed by atoms with Gasteiger partial charge in [-0.1, -0.05) is 0 Å². The van der Waals surface area contributed by atoms with Gasteiger partial charge in [0.1, 0.15) is 0 Å². The molecular formula is C13H16F2N4O. The predicted octanol–water partition coefficient (Wildman–Crippen LogP) is 1.23. The molecule has 5 nitrogen and oxygen atoms in total. The van der Waals surface area contributed by atoms with E-state index in [2.05, 4.69) is 9.88 Å². The summed E-state index contributed by atoms with van der Waals surface area (Å²) in [6.07, 6.45) is 0. The lowest BCUT2D eigenvalue weighted by molar-refractivity contribution is 0.0366. The van der Waals surface area contributed by atoms with E-state index in [0.29, 0.717) is 17.6 Å². The van der Waals surface area contributed by atoms with E-state index in [-0.39, 0.29) is 5.95 Å². The fourth-order valence-corrected chi connectivity index (χ4v) is 2.44. The van der Waals surface area contributed by atoms with Gasteiger partial charge in [-0.25, -0.2) is 13.8 Å². The highest BCUT2D eigenvalue weighted by molar-refractivity contribution is 5.78. The number of benzene rings is 1. The molecule has 0 unspecified atom stereocenters. The van der Waals surface area contributed by atoms with Gasteiger partial charge in [-0.05, 0) is 0 Å². The third-order valence-corrected chi connectivity index (χ3v) is 3.56. The molecule has 3 rings (SSSR count). The zero-order valence-electron chi connectivity index (χ0n) is 11.0. The number of aromatic nitrogens is 2. The highest BCUT2D eigenvalue weighted by atomic mass is 19.2. The number of hydrogen-bond donors (Lipinski definition) is 1. The molecule has 7 heteroatoms. The van der Waals surface area contributed by atoms with Crippen LogP contribution in [0.1, 0.15) is 0 Å². The predicted molar refractivity (Wildman–Crippen MR) is 71.3 cm³/mol. The molecule has 0 bridgehead atoms. The molecule has 0 radical (unpaired) electrons. The first-order chi connectivity index (χ1) is 9.65. The average Bonchev–Trinajstić information content (AvgIpc) is 2.73. The highest BCUT2D eigenvalue weighted by Crippen LogP contribution is 2.21. The van der Waals surface area contributed by atoms with Gasteiger partial charge < -0.3 is 15.0 Å². The lowest BCUT2D eigenvalue weighted by Gasteiger charge is -2.26. The number of nitrogens with two attached hydrogens (primary N) is 1. The number of morpholine rings is 1. The minimum absolute atomic E-state index is 0.276. The molecule has 2 aromatic rings. The number of fused-ring (bicyclic) bond motifs is 1. The van der Waals surface area contributed by atoms with Gasteiger partial charge in [0, 0.05) is 38.3 Å². The molecule has 1 aliphatic heterocycles. The number of imidazole rings is 1. The van der Waals surface area contributed by atoms with Gasteiger partial charge >= 0.3 is 0 Å². The number of hydrogen-bond acceptors (Lipinski definition) is 4. The van der Waals surface area contributed by atoms with E-state index in [9.17, 15) is 8.78 Å². The summed E-state index contributed by atoms with van der Waals surface area (Å²) in [5, 5.41) is 0. The number of rotatable bonds is 3. The normalized spacial score (nSPS) is 16.9. The monoisotopic (exact) mass is 282 g/mol. The van der Waals surface area contributed by atoms with Crippen molar-refractivity contribution in [3.8, 4) is 0 Å². The maximum absolute atomic E-state index is 13.3. The molecule has 0 atom stereocenters. The summed E-state index contributed by atoms with van der Waals surface area (Å²) in [6, 6.07) is 2.22. The Bertz CT molecular complexity index is 622. The molecule has 2 heterocycles. The maximum Gasteiger partial charge on any atom is 0.201 e. The van der Waals surface area contributed by atoms with Crippen LogP contribution in [0.4, 0.5) is 14.7 Å². The van der Waals surface area contributed by atoms with Crippen molar-refractivity contribution in [1.29, 1.82) is 0 Å². The number of anilines is 1. The molecule has 1 fully saturated rings. The maximum atomic E-state index is 13.3. The SMILES string of the molecule is Nc1nc2cc(F)c(F)cc2n1CCN1CCOCC1. The van der Waals surface area contributed by atoms with Crippen molar-refractivity contribution in [3.05, 3.63) is 23.8 Å². The van der Waals surface area contributed by atoms with Crippen LogP contribution < -0.4 is 5.73 Å². The van der Waals surface area contributed by atoms with Gasteiger partial charge in [0.2, 0.25) is 5.95 Å². The first kappa shape index (κ1) is 13.3. The first-order valence-electron chi connectivity index (χ1n) is 6.56. The Hall–Kier alpha value is -1.73. The van der Waals surface area contributed by atoms with E-state index in [1.165, 1.54) is 0 Å². The van der Waals surface area contributed by atoms with E-state index >= 15 is 0 Å². The van der Waals surface area contributed by atoms with Crippen molar-refractivity contribution in [2.45, 2.75) is 6.54 Å². The average molecular weight is 282 g/mol. The summed E-state index contributed by atoms with van der Waals surface area (Å²) in [6.45, 7) is 4.55. The lowest BCUT2D eigenvalue weighted by atomic mass is 10.3. The molecule has 0 aliphatic carbocycles. The van der Waals surface area contributed by atoms with Gasteiger partial charge in [-0.15, -0.1) is 0 Å². The second-order valence-corrected chi connectivity index (χ2v) is 4.83. The number of halogens is 2. The fraction of sp³-hybridized carbons (Fsp3) is 0.462. The van der Waals surface area contributed by atoms with Crippen molar-refractivity contribution in [2.24, 2.45) is 0 Å². The van der Waals surface area contributed by atoms with Crippen molar-refractivity contribution in [2.75, 3.05) is 38.6 Å². The summed E-state index contributed by atoms with van der Waals surface area (Å²) in [7, 11) is 0. The molecule has 0 amide bonds. The van der Waals surface area contributed by atoms with Gasteiger partial charge in [0.15, 0.2) is 11.6 Å². The van der Waals surface area contributed by atoms with Gasteiger partial charge in [0.05, 0.1) is 24.2 Å². The van der Waals surface area contributed by atoms with Crippen LogP contribution >= 0.6 is 0 Å². The summed E-state index contributed by atoms with van der Waals surface area (Å²) >= 11 is 0. The Morgan fingerprint density at radius 2 is 1.85 bits per heavy atom. The molecule has 2 N–H and O–H groups in total. The Balaban J connectivity index is 1.83. The molecule has 20 heavy (non-hydrogen) atoms. The molecule has 1 aromatic heterocycles. The molecule has 1 aliphatic rings. The second kappa shape index (κ2) is 5.34. The van der Waals surface area contributed by atoms with Crippen molar-refractivity contribution in [1.82, 2.24) is 14.5 Å². The van der Waals surface area contributed by atoms with Crippen molar-refractivity contribution < 1.29 is 13.5 Å². The van der Waals surface area contributed by atoms with Crippen molar-refractivity contribution >= 4 is 17.0 Å². The van der Waals surface area contributed by atoms with Crippen LogP contribution in [0, 0.1) is 11.6 Å². The van der Waals surface area contributed by atoms with Crippen molar-refractivity contribution in [3.63, 3.8) is 0 Å². The zero-order chi connectivity index (χ0) is 14.1. The lowest BCUT2D eigenvalue weighted by Crippen LogP contribution is -2.38. The van der Waals surface area contributed by atoms with Crippen LogP contribution in [0.25, 0.3) is 11.0 Å². The molecular weight excluding hydrogens is 266 g/mol. The third-order valence-electron chi connectivity index (χ3n) is 3.56. The summed E-state index contributed by atoms with van der Waals surface area (Å²) in [5.74, 6) is -1.52. The minimum atomic E-state index is -0.907. The Labute approximate surface area is 114 Å². The molecule has 1 saturated heterocycles. The zero-order valence-corrected chi connectivity index (χ0v) is 11.0. The number of nitrogens with zero attached hydrogens (tertiary/aromatic N) is 3. The molecule has 108 valence electrons. The van der Waals surface area contributed by atoms with E-state index in [4.69, 9.17) is 10.5 Å². The Morgan fingerprint density at radius 3 is 2.60 bits per heavy atom. The standard InChI is InChI=1S/C13H16F2N4O/c14-9-7-11-12(8-10(9)15)19(13(16)17-11)2-1-18-3-5-20-6-4-18/h7-8H,1-6H2,(H2,16,17). The van der Waals surface area contributed by atoms with E-state index in [1.54, 1.807) is 4.57 Å². The highest BCUT2D eigenvalue weighted by Gasteiger charge is 2.15. The van der Waals surface area contributed by atoms with Crippen LogP contribution in [0.15, 0.2) is 12.1 Å². The van der Waals surface area contributed by atoms with Gasteiger partial charge in [-0.3, -0.25) is 4.90 Å². The van der Waals surface area contributed by atoms with Crippen LogP contribution in [0.5, 0.6) is 0 Å². The van der Waals surface area contributed by atoms with E-state index < -0.39 is 11.6 Å². The van der Waals surface area contributed by atoms with Crippen LogP contribution in [-0.2, 0) is 11.3 Å². The Morgan fingerprint density at radius 1 is 1.15 bits per heavy atom. The largest absolute Gasteiger partial charge is 0.379 e. The first-order valence-corrected chi connectivity index (χ1v) is 6.56. The smallest absolute Gasteiger partial charge is 0.201 e. The van der Waals surface area contributed by atoms with Crippen LogP contribution in [-0.4, -0.2) is 47.3 Å². The third kappa shape index (κ3) is 2.46. The Kier molecular flexibility index (Phi) is 3.54. The van der Waals surface area contributed by atoms with Crippen LogP contribution in [0.2, 0.25) is 0 Å². The second-order valence-electron chi connectivity index (χ2n) is 4.83. The van der Waals surface area contributed by atoms with Gasteiger partial charge in [0.25, 0.3) is 0 Å². The molecule has 0 spiro atoms. The minimum Gasteiger partial charge on any atom is -0.379 e.